The van der Waals surface area contributed by atoms with Gasteiger partial charge < -0.3 is 30.1 Å². The average molecular weight is 311 g/mol. The summed E-state index contributed by atoms with van der Waals surface area (Å²) < 4.78 is 10.8. The number of nitrogens with one attached hydrogen (secondary N) is 1. The second-order valence-corrected chi connectivity index (χ2v) is 5.23. The van der Waals surface area contributed by atoms with Gasteiger partial charge in [0.05, 0.1) is 13.2 Å². The van der Waals surface area contributed by atoms with Gasteiger partial charge in [-0.15, -0.1) is 0 Å². The van der Waals surface area contributed by atoms with E-state index in [1.54, 1.807) is 0 Å². The maximum Gasteiger partial charge on any atom is 0.217 e. The fourth-order valence-corrected chi connectivity index (χ4v) is 2.44. The molecule has 7 heteroatoms. The molecule has 0 aliphatic carbocycles. The van der Waals surface area contributed by atoms with E-state index < -0.39 is 37.3 Å². The van der Waals surface area contributed by atoms with Gasteiger partial charge in [-0.2, -0.15) is 0 Å². The Morgan fingerprint density at radius 2 is 2.00 bits per heavy atom. The highest BCUT2D eigenvalue weighted by Crippen LogP contribution is 2.23. The standard InChI is InChI=1S/C15H21NO6/c1-9(18)16-12-14(13(19)11(7-17)22-15(12)20)21-8-10-5-3-2-4-6-10/h2-6,11-15,17,19-20H,7-8H2,1H3,(H,16,18)/t11?,12?,13-,14+,15+/m0/s1. The van der Waals surface area contributed by atoms with Crippen molar-refractivity contribution in [3.05, 3.63) is 35.9 Å². The van der Waals surface area contributed by atoms with Crippen LogP contribution in [0.5, 0.6) is 0 Å². The van der Waals surface area contributed by atoms with E-state index in [0.717, 1.165) is 5.56 Å². The van der Waals surface area contributed by atoms with E-state index in [2.05, 4.69) is 5.32 Å². The van der Waals surface area contributed by atoms with E-state index in [1.807, 2.05) is 30.3 Å². The molecule has 7 nitrogen and oxygen atoms in total. The Morgan fingerprint density at radius 3 is 2.59 bits per heavy atom. The SMILES string of the molecule is CC(=O)NC1[C@H](O)OC(CO)[C@H](O)[C@@H]1OCc1ccccc1. The highest BCUT2D eigenvalue weighted by molar-refractivity contribution is 5.73. The van der Waals surface area contributed by atoms with E-state index in [1.165, 1.54) is 6.92 Å². The molecule has 122 valence electrons. The van der Waals surface area contributed by atoms with Gasteiger partial charge in [0.25, 0.3) is 0 Å². The van der Waals surface area contributed by atoms with Crippen LogP contribution in [0.2, 0.25) is 0 Å². The first-order chi connectivity index (χ1) is 10.5. The van der Waals surface area contributed by atoms with E-state index in [4.69, 9.17) is 9.47 Å². The lowest BCUT2D eigenvalue weighted by atomic mass is 9.96. The normalized spacial score (nSPS) is 31.7. The van der Waals surface area contributed by atoms with Crippen LogP contribution in [0.25, 0.3) is 0 Å². The molecule has 1 aliphatic heterocycles. The minimum absolute atomic E-state index is 0.198. The van der Waals surface area contributed by atoms with Crippen LogP contribution in [-0.2, 0) is 20.9 Å². The Morgan fingerprint density at radius 1 is 1.32 bits per heavy atom. The zero-order chi connectivity index (χ0) is 16.1. The molecule has 1 amide bonds. The quantitative estimate of drug-likeness (QED) is 0.564. The lowest BCUT2D eigenvalue weighted by molar-refractivity contribution is -0.263. The van der Waals surface area contributed by atoms with Gasteiger partial charge >= 0.3 is 0 Å². The molecular weight excluding hydrogens is 290 g/mol. The molecule has 22 heavy (non-hydrogen) atoms. The van der Waals surface area contributed by atoms with Crippen molar-refractivity contribution in [2.24, 2.45) is 0 Å². The molecule has 0 aromatic heterocycles. The summed E-state index contributed by atoms with van der Waals surface area (Å²) in [5.41, 5.74) is 0.887. The summed E-state index contributed by atoms with van der Waals surface area (Å²) in [5.74, 6) is -0.379. The van der Waals surface area contributed by atoms with Gasteiger partial charge in [-0.3, -0.25) is 4.79 Å². The first-order valence-electron chi connectivity index (χ1n) is 7.08. The minimum Gasteiger partial charge on any atom is -0.394 e. The Labute approximate surface area is 128 Å². The van der Waals surface area contributed by atoms with Crippen LogP contribution in [0.1, 0.15) is 12.5 Å². The van der Waals surface area contributed by atoms with Crippen molar-refractivity contribution >= 4 is 5.91 Å². The predicted molar refractivity (Wildman–Crippen MR) is 76.6 cm³/mol. The first-order valence-corrected chi connectivity index (χ1v) is 7.08. The second-order valence-electron chi connectivity index (χ2n) is 5.23. The Kier molecular flexibility index (Phi) is 5.87. The Hall–Kier alpha value is -1.51. The third-order valence-electron chi connectivity index (χ3n) is 3.53. The summed E-state index contributed by atoms with van der Waals surface area (Å²) >= 11 is 0. The molecule has 1 aromatic rings. The fraction of sp³-hybridized carbons (Fsp3) is 0.533. The van der Waals surface area contributed by atoms with Crippen molar-refractivity contribution in [3.63, 3.8) is 0 Å². The summed E-state index contributed by atoms with van der Waals surface area (Å²) in [6, 6.07) is 8.39. The number of carbonyl (C=O) groups is 1. The number of hydrogen-bond acceptors (Lipinski definition) is 6. The van der Waals surface area contributed by atoms with E-state index in [0.29, 0.717) is 0 Å². The maximum absolute atomic E-state index is 11.3. The van der Waals surface area contributed by atoms with Gasteiger partial charge in [0.15, 0.2) is 6.29 Å². The molecule has 0 saturated carbocycles. The van der Waals surface area contributed by atoms with Crippen molar-refractivity contribution in [2.45, 2.75) is 44.2 Å². The van der Waals surface area contributed by atoms with Gasteiger partial charge in [-0.25, -0.2) is 0 Å². The molecule has 1 aliphatic rings. The van der Waals surface area contributed by atoms with E-state index in [9.17, 15) is 20.1 Å². The number of benzene rings is 1. The molecule has 4 N–H and O–H groups in total. The topological polar surface area (TPSA) is 108 Å². The molecule has 1 aromatic carbocycles. The number of aliphatic hydroxyl groups is 3. The minimum atomic E-state index is -1.37. The predicted octanol–water partition coefficient (Wildman–Crippen LogP) is -0.853. The maximum atomic E-state index is 11.3. The largest absolute Gasteiger partial charge is 0.394 e. The van der Waals surface area contributed by atoms with Crippen molar-refractivity contribution < 1.29 is 29.6 Å². The third kappa shape index (κ3) is 4.02. The highest BCUT2D eigenvalue weighted by Gasteiger charge is 2.45. The number of hydrogen-bond donors (Lipinski definition) is 4. The van der Waals surface area contributed by atoms with E-state index >= 15 is 0 Å². The molecular formula is C15H21NO6. The van der Waals surface area contributed by atoms with Crippen LogP contribution in [0.15, 0.2) is 30.3 Å². The van der Waals surface area contributed by atoms with Gasteiger partial charge in [0.2, 0.25) is 5.91 Å². The molecule has 2 unspecified atom stereocenters. The molecule has 1 heterocycles. The number of amides is 1. The van der Waals surface area contributed by atoms with Crippen LogP contribution in [0.4, 0.5) is 0 Å². The third-order valence-corrected chi connectivity index (χ3v) is 3.53. The van der Waals surface area contributed by atoms with Crippen LogP contribution in [0.3, 0.4) is 0 Å². The number of ether oxygens (including phenoxy) is 2. The monoisotopic (exact) mass is 311 g/mol. The van der Waals surface area contributed by atoms with Crippen LogP contribution in [-0.4, -0.2) is 58.5 Å². The second kappa shape index (κ2) is 7.66. The average Bonchev–Trinajstić information content (AvgIpc) is 2.50. The molecule has 2 rings (SSSR count). The first kappa shape index (κ1) is 16.9. The highest BCUT2D eigenvalue weighted by atomic mass is 16.6. The van der Waals surface area contributed by atoms with Crippen LogP contribution < -0.4 is 5.32 Å². The number of rotatable bonds is 5. The Balaban J connectivity index is 2.10. The molecule has 1 saturated heterocycles. The fourth-order valence-electron chi connectivity index (χ4n) is 2.44. The lowest BCUT2D eigenvalue weighted by Gasteiger charge is -2.42. The molecule has 0 radical (unpaired) electrons. The molecule has 5 atom stereocenters. The van der Waals surface area contributed by atoms with Crippen LogP contribution >= 0.6 is 0 Å². The summed E-state index contributed by atoms with van der Waals surface area (Å²) in [6.45, 7) is 1.03. The number of aliphatic hydroxyl groups excluding tert-OH is 3. The molecule has 1 fully saturated rings. The van der Waals surface area contributed by atoms with Gasteiger partial charge in [-0.1, -0.05) is 30.3 Å². The smallest absolute Gasteiger partial charge is 0.217 e. The van der Waals surface area contributed by atoms with Crippen molar-refractivity contribution in [1.29, 1.82) is 0 Å². The lowest BCUT2D eigenvalue weighted by Crippen LogP contribution is -2.64. The van der Waals surface area contributed by atoms with Gasteiger partial charge in [-0.05, 0) is 5.56 Å². The summed E-state index contributed by atoms with van der Waals surface area (Å²) in [4.78, 5) is 11.3. The summed E-state index contributed by atoms with van der Waals surface area (Å²) in [7, 11) is 0. The zero-order valence-corrected chi connectivity index (χ0v) is 12.3. The Bertz CT molecular complexity index is 482. The van der Waals surface area contributed by atoms with Crippen molar-refractivity contribution in [1.82, 2.24) is 5.32 Å². The van der Waals surface area contributed by atoms with Crippen molar-refractivity contribution in [3.8, 4) is 0 Å². The summed E-state index contributed by atoms with van der Waals surface area (Å²) in [6.07, 6.45) is -4.41. The van der Waals surface area contributed by atoms with Crippen molar-refractivity contribution in [2.75, 3.05) is 6.61 Å². The summed E-state index contributed by atoms with van der Waals surface area (Å²) in [5, 5.41) is 31.9. The van der Waals surface area contributed by atoms with E-state index in [-0.39, 0.29) is 12.5 Å². The molecule has 0 bridgehead atoms. The van der Waals surface area contributed by atoms with Gasteiger partial charge in [0, 0.05) is 6.92 Å². The zero-order valence-electron chi connectivity index (χ0n) is 12.3. The van der Waals surface area contributed by atoms with Gasteiger partial charge in [0.1, 0.15) is 24.4 Å². The number of carbonyl (C=O) groups excluding carboxylic acids is 1. The van der Waals surface area contributed by atoms with Crippen LogP contribution in [0, 0.1) is 0 Å². The molecule has 0 spiro atoms.